The van der Waals surface area contributed by atoms with Gasteiger partial charge in [-0.05, 0) is 38.5 Å². The fourth-order valence-corrected chi connectivity index (χ4v) is 5.00. The summed E-state index contributed by atoms with van der Waals surface area (Å²) in [6, 6.07) is 0. The highest BCUT2D eigenvalue weighted by atomic mass is 16.7. The number of carbonyl (C=O) groups is 3. The number of carbonyl (C=O) groups excluding carboxylic acids is 2. The Hall–Kier alpha value is -1.97. The van der Waals surface area contributed by atoms with Crippen LogP contribution in [0.15, 0.2) is 12.2 Å². The first-order valence-electron chi connectivity index (χ1n) is 18.9. The van der Waals surface area contributed by atoms with Crippen LogP contribution in [0.4, 0.5) is 0 Å². The summed E-state index contributed by atoms with van der Waals surface area (Å²) < 4.78 is 22.6. The highest BCUT2D eigenvalue weighted by Crippen LogP contribution is 2.13. The quantitative estimate of drug-likeness (QED) is 0.0238. The fraction of sp³-hybridized carbons (Fsp3) is 0.868. The SMILES string of the molecule is CCCCCC/C=C\CCCCCCCC(=O)OC(COC(=O)CCCCCCCCCCC)COC(OCC[N+](C)(C)C)C(=O)O. The van der Waals surface area contributed by atoms with E-state index in [1.807, 2.05) is 21.1 Å². The van der Waals surface area contributed by atoms with Crippen molar-refractivity contribution in [1.29, 1.82) is 0 Å². The van der Waals surface area contributed by atoms with E-state index in [0.29, 0.717) is 23.9 Å². The molecule has 9 heteroatoms. The Kier molecular flexibility index (Phi) is 30.0. The van der Waals surface area contributed by atoms with E-state index >= 15 is 0 Å². The van der Waals surface area contributed by atoms with Crippen molar-refractivity contribution in [2.75, 3.05) is 47.5 Å². The van der Waals surface area contributed by atoms with Crippen LogP contribution < -0.4 is 0 Å². The van der Waals surface area contributed by atoms with Crippen LogP contribution in [0.25, 0.3) is 0 Å². The zero-order valence-corrected chi connectivity index (χ0v) is 30.9. The minimum atomic E-state index is -1.50. The van der Waals surface area contributed by atoms with Gasteiger partial charge < -0.3 is 28.5 Å². The summed E-state index contributed by atoms with van der Waals surface area (Å²) in [6.07, 6.45) is 25.6. The van der Waals surface area contributed by atoms with Crippen LogP contribution in [0.5, 0.6) is 0 Å². The Bertz CT molecular complexity index is 795. The van der Waals surface area contributed by atoms with Crippen molar-refractivity contribution in [3.8, 4) is 0 Å². The van der Waals surface area contributed by atoms with Gasteiger partial charge in [0.05, 0.1) is 34.4 Å². The molecule has 276 valence electrons. The number of ether oxygens (including phenoxy) is 4. The lowest BCUT2D eigenvalue weighted by Gasteiger charge is -2.25. The van der Waals surface area contributed by atoms with E-state index < -0.39 is 24.3 Å². The molecule has 0 rings (SSSR count). The monoisotopic (exact) mass is 671 g/mol. The van der Waals surface area contributed by atoms with Crippen molar-refractivity contribution < 1.29 is 42.9 Å². The zero-order chi connectivity index (χ0) is 35.0. The summed E-state index contributed by atoms with van der Waals surface area (Å²) in [4.78, 5) is 36.8. The summed E-state index contributed by atoms with van der Waals surface area (Å²) in [6.45, 7) is 4.80. The molecule has 0 aromatic heterocycles. The normalized spacial score (nSPS) is 13.1. The minimum absolute atomic E-state index is 0.181. The molecule has 0 heterocycles. The number of likely N-dealkylation sites (N-methyl/N-ethyl adjacent to an activating group) is 1. The van der Waals surface area contributed by atoms with E-state index in [9.17, 15) is 19.5 Å². The first-order chi connectivity index (χ1) is 22.6. The molecule has 0 aromatic rings. The lowest BCUT2D eigenvalue weighted by atomic mass is 10.1. The molecule has 0 spiro atoms. The molecule has 0 aromatic carbocycles. The van der Waals surface area contributed by atoms with E-state index in [1.165, 1.54) is 70.6 Å². The molecule has 1 N–H and O–H groups in total. The number of allylic oxidation sites excluding steroid dienone is 2. The lowest BCUT2D eigenvalue weighted by molar-refractivity contribution is -0.870. The van der Waals surface area contributed by atoms with Gasteiger partial charge in [-0.2, -0.15) is 0 Å². The molecule has 0 aliphatic rings. The molecular formula is C38H72NO8+. The third kappa shape index (κ3) is 32.4. The van der Waals surface area contributed by atoms with E-state index in [4.69, 9.17) is 18.9 Å². The lowest BCUT2D eigenvalue weighted by Crippen LogP contribution is -2.40. The van der Waals surface area contributed by atoms with Gasteiger partial charge in [-0.3, -0.25) is 9.59 Å². The number of nitrogens with zero attached hydrogens (tertiary/aromatic N) is 1. The second kappa shape index (κ2) is 31.3. The van der Waals surface area contributed by atoms with Crippen LogP contribution in [-0.2, 0) is 33.3 Å². The summed E-state index contributed by atoms with van der Waals surface area (Å²) in [5.74, 6) is -2.02. The molecule has 0 aliphatic carbocycles. The Morgan fingerprint density at radius 3 is 1.60 bits per heavy atom. The van der Waals surface area contributed by atoms with Gasteiger partial charge in [0.2, 0.25) is 0 Å². The summed E-state index contributed by atoms with van der Waals surface area (Å²) in [7, 11) is 5.94. The number of carboxylic acid groups (broad SMARTS) is 1. The molecule has 0 aliphatic heterocycles. The summed E-state index contributed by atoms with van der Waals surface area (Å²) in [5, 5.41) is 9.56. The molecule has 0 saturated heterocycles. The maximum Gasteiger partial charge on any atom is 0.361 e. The van der Waals surface area contributed by atoms with Crippen molar-refractivity contribution in [2.45, 2.75) is 167 Å². The van der Waals surface area contributed by atoms with Gasteiger partial charge in [0, 0.05) is 12.8 Å². The fourth-order valence-electron chi connectivity index (χ4n) is 5.00. The minimum Gasteiger partial charge on any atom is -0.477 e. The van der Waals surface area contributed by atoms with Crippen LogP contribution >= 0.6 is 0 Å². The Balaban J connectivity index is 4.56. The van der Waals surface area contributed by atoms with E-state index in [1.54, 1.807) is 0 Å². The van der Waals surface area contributed by atoms with Gasteiger partial charge >= 0.3 is 17.9 Å². The first-order valence-corrected chi connectivity index (χ1v) is 18.9. The molecule has 2 atom stereocenters. The average Bonchev–Trinajstić information content (AvgIpc) is 3.02. The van der Waals surface area contributed by atoms with Crippen LogP contribution in [0.2, 0.25) is 0 Å². The van der Waals surface area contributed by atoms with Gasteiger partial charge in [-0.15, -0.1) is 0 Å². The highest BCUT2D eigenvalue weighted by molar-refractivity contribution is 5.71. The van der Waals surface area contributed by atoms with Gasteiger partial charge in [0.1, 0.15) is 13.2 Å². The first kappa shape index (κ1) is 45.0. The van der Waals surface area contributed by atoms with Crippen molar-refractivity contribution >= 4 is 17.9 Å². The molecule has 0 bridgehead atoms. The van der Waals surface area contributed by atoms with Crippen molar-refractivity contribution in [3.63, 3.8) is 0 Å². The third-order valence-corrected chi connectivity index (χ3v) is 8.02. The molecule has 2 unspecified atom stereocenters. The Morgan fingerprint density at radius 2 is 1.09 bits per heavy atom. The standard InChI is InChI=1S/C38H71NO8/c1-6-8-10-12-14-16-17-18-19-21-23-25-27-29-36(41)47-34(33-46-38(37(42)43)44-31-30-39(3,4)5)32-45-35(40)28-26-24-22-20-15-13-11-9-7-2/h16-17,34,38H,6-15,18-33H2,1-5H3/p+1/b17-16-. The number of rotatable bonds is 34. The molecular weight excluding hydrogens is 598 g/mol. The number of esters is 2. The second-order valence-corrected chi connectivity index (χ2v) is 13.9. The second-order valence-electron chi connectivity index (χ2n) is 13.9. The molecule has 0 radical (unpaired) electrons. The van der Waals surface area contributed by atoms with Gasteiger partial charge in [0.15, 0.2) is 6.10 Å². The number of carboxylic acids is 1. The molecule has 0 amide bonds. The predicted octanol–water partition coefficient (Wildman–Crippen LogP) is 8.77. The maximum absolute atomic E-state index is 12.6. The van der Waals surface area contributed by atoms with Gasteiger partial charge in [-0.1, -0.05) is 116 Å². The Morgan fingerprint density at radius 1 is 0.617 bits per heavy atom. The number of hydrogen-bond donors (Lipinski definition) is 1. The van der Waals surface area contributed by atoms with Crippen LogP contribution in [0.3, 0.4) is 0 Å². The van der Waals surface area contributed by atoms with Crippen LogP contribution in [0, 0.1) is 0 Å². The number of quaternary nitrogens is 1. The topological polar surface area (TPSA) is 108 Å². The molecule has 0 fully saturated rings. The van der Waals surface area contributed by atoms with Crippen LogP contribution in [-0.4, -0.2) is 87.4 Å². The summed E-state index contributed by atoms with van der Waals surface area (Å²) >= 11 is 0. The number of unbranched alkanes of at least 4 members (excludes halogenated alkanes) is 17. The summed E-state index contributed by atoms with van der Waals surface area (Å²) in [5.41, 5.74) is 0. The van der Waals surface area contributed by atoms with E-state index in [-0.39, 0.29) is 32.2 Å². The third-order valence-electron chi connectivity index (χ3n) is 8.02. The van der Waals surface area contributed by atoms with Crippen molar-refractivity contribution in [1.82, 2.24) is 0 Å². The largest absolute Gasteiger partial charge is 0.477 e. The van der Waals surface area contributed by atoms with Crippen LogP contribution in [0.1, 0.15) is 155 Å². The van der Waals surface area contributed by atoms with Crippen molar-refractivity contribution in [2.24, 2.45) is 0 Å². The predicted molar refractivity (Wildman–Crippen MR) is 189 cm³/mol. The average molecular weight is 671 g/mol. The van der Waals surface area contributed by atoms with Crippen molar-refractivity contribution in [3.05, 3.63) is 12.2 Å². The Labute approximate surface area is 287 Å². The van der Waals surface area contributed by atoms with Gasteiger partial charge in [0.25, 0.3) is 6.29 Å². The number of hydrogen-bond acceptors (Lipinski definition) is 7. The van der Waals surface area contributed by atoms with E-state index in [2.05, 4.69) is 26.0 Å². The smallest absolute Gasteiger partial charge is 0.361 e. The molecule has 9 nitrogen and oxygen atoms in total. The maximum atomic E-state index is 12.6. The highest BCUT2D eigenvalue weighted by Gasteiger charge is 2.25. The zero-order valence-electron chi connectivity index (χ0n) is 30.9. The van der Waals surface area contributed by atoms with Gasteiger partial charge in [-0.25, -0.2) is 4.79 Å². The molecule has 0 saturated carbocycles. The molecule has 47 heavy (non-hydrogen) atoms. The van der Waals surface area contributed by atoms with E-state index in [0.717, 1.165) is 51.4 Å². The number of aliphatic carboxylic acids is 1.